The molecule has 2 heterocycles. The molecular weight excluding hydrogens is 275 g/mol. The topological polar surface area (TPSA) is 57.4 Å². The van der Waals surface area contributed by atoms with Crippen LogP contribution in [0.4, 0.5) is 4.39 Å². The first-order valence-corrected chi connectivity index (χ1v) is 6.30. The van der Waals surface area contributed by atoms with E-state index in [1.165, 1.54) is 6.07 Å². The number of nitrogens with zero attached hydrogens (tertiary/aromatic N) is 2. The van der Waals surface area contributed by atoms with E-state index < -0.39 is 5.82 Å². The molecule has 6 heteroatoms. The van der Waals surface area contributed by atoms with Crippen molar-refractivity contribution in [2.45, 2.75) is 0 Å². The summed E-state index contributed by atoms with van der Waals surface area (Å²) in [6.07, 6.45) is 0. The molecule has 1 aromatic heterocycles. The van der Waals surface area contributed by atoms with Crippen LogP contribution in [-0.4, -0.2) is 16.9 Å². The van der Waals surface area contributed by atoms with Crippen LogP contribution in [0.2, 0.25) is 0 Å². The van der Waals surface area contributed by atoms with Crippen molar-refractivity contribution < 1.29 is 18.4 Å². The van der Waals surface area contributed by atoms with E-state index in [1.807, 2.05) is 0 Å². The molecule has 4 rings (SSSR count). The number of aromatic nitrogens is 2. The number of hydrogen-bond donors (Lipinski definition) is 0. The van der Waals surface area contributed by atoms with E-state index >= 15 is 0 Å². The third-order valence-corrected chi connectivity index (χ3v) is 3.16. The summed E-state index contributed by atoms with van der Waals surface area (Å²) in [5.41, 5.74) is 0.989. The molecular formula is C15H9FN2O3. The van der Waals surface area contributed by atoms with Gasteiger partial charge < -0.3 is 14.0 Å². The Balaban J connectivity index is 1.73. The Bertz CT molecular complexity index is 816. The molecule has 0 spiro atoms. The Morgan fingerprint density at radius 3 is 2.76 bits per heavy atom. The molecule has 0 N–H and O–H groups in total. The van der Waals surface area contributed by atoms with Gasteiger partial charge in [-0.15, -0.1) is 0 Å². The van der Waals surface area contributed by atoms with Crippen LogP contribution >= 0.6 is 0 Å². The van der Waals surface area contributed by atoms with E-state index in [2.05, 4.69) is 10.1 Å². The maximum atomic E-state index is 13.7. The van der Waals surface area contributed by atoms with Gasteiger partial charge >= 0.3 is 0 Å². The molecule has 1 aliphatic heterocycles. The van der Waals surface area contributed by atoms with Crippen molar-refractivity contribution in [3.05, 3.63) is 48.3 Å². The molecule has 3 aromatic rings. The second kappa shape index (κ2) is 4.59. The molecule has 0 bridgehead atoms. The Labute approximate surface area is 118 Å². The lowest BCUT2D eigenvalue weighted by Gasteiger charge is -1.97. The molecule has 5 nitrogen and oxygen atoms in total. The zero-order valence-corrected chi connectivity index (χ0v) is 10.7. The summed E-state index contributed by atoms with van der Waals surface area (Å²) >= 11 is 0. The fourth-order valence-corrected chi connectivity index (χ4v) is 2.12. The molecule has 0 aliphatic carbocycles. The van der Waals surface area contributed by atoms with Crippen molar-refractivity contribution >= 4 is 0 Å². The van der Waals surface area contributed by atoms with Gasteiger partial charge in [-0.05, 0) is 30.3 Å². The van der Waals surface area contributed by atoms with Crippen molar-refractivity contribution in [3.63, 3.8) is 0 Å². The summed E-state index contributed by atoms with van der Waals surface area (Å²) in [4.78, 5) is 4.22. The summed E-state index contributed by atoms with van der Waals surface area (Å²) in [7, 11) is 0. The standard InChI is InChI=1S/C15H9FN2O3/c16-11-4-2-1-3-10(11)15-17-14(18-21-15)9-5-6-12-13(7-9)20-8-19-12/h1-7H,8H2. The second-order valence-corrected chi connectivity index (χ2v) is 4.47. The van der Waals surface area contributed by atoms with E-state index in [9.17, 15) is 4.39 Å². The lowest BCUT2D eigenvalue weighted by molar-refractivity contribution is 0.174. The van der Waals surface area contributed by atoms with Crippen LogP contribution in [0.15, 0.2) is 47.0 Å². The molecule has 0 saturated carbocycles. The number of ether oxygens (including phenoxy) is 2. The highest BCUT2D eigenvalue weighted by molar-refractivity contribution is 5.63. The van der Waals surface area contributed by atoms with Crippen molar-refractivity contribution in [2.24, 2.45) is 0 Å². The Morgan fingerprint density at radius 2 is 1.86 bits per heavy atom. The van der Waals surface area contributed by atoms with Gasteiger partial charge in [0.05, 0.1) is 5.56 Å². The van der Waals surface area contributed by atoms with Crippen LogP contribution in [0.3, 0.4) is 0 Å². The van der Waals surface area contributed by atoms with Crippen molar-refractivity contribution in [1.82, 2.24) is 10.1 Å². The molecule has 21 heavy (non-hydrogen) atoms. The molecule has 0 radical (unpaired) electrons. The van der Waals surface area contributed by atoms with Gasteiger partial charge in [0.15, 0.2) is 11.5 Å². The molecule has 0 atom stereocenters. The SMILES string of the molecule is Fc1ccccc1-c1nc(-c2ccc3c(c2)OCO3)no1. The molecule has 104 valence electrons. The van der Waals surface area contributed by atoms with Gasteiger partial charge in [-0.3, -0.25) is 0 Å². The molecule has 2 aromatic carbocycles. The maximum Gasteiger partial charge on any atom is 0.261 e. The van der Waals surface area contributed by atoms with E-state index in [1.54, 1.807) is 36.4 Å². The highest BCUT2D eigenvalue weighted by Crippen LogP contribution is 2.35. The summed E-state index contributed by atoms with van der Waals surface area (Å²) < 4.78 is 29.4. The van der Waals surface area contributed by atoms with Crippen LogP contribution in [0.1, 0.15) is 0 Å². The normalized spacial score (nSPS) is 12.6. The Hall–Kier alpha value is -2.89. The van der Waals surface area contributed by atoms with Gasteiger partial charge in [0, 0.05) is 5.56 Å². The predicted molar refractivity (Wildman–Crippen MR) is 71.3 cm³/mol. The molecule has 0 saturated heterocycles. The first-order chi connectivity index (χ1) is 10.3. The van der Waals surface area contributed by atoms with Crippen LogP contribution in [-0.2, 0) is 0 Å². The minimum absolute atomic E-state index is 0.140. The highest BCUT2D eigenvalue weighted by atomic mass is 19.1. The van der Waals surface area contributed by atoms with Gasteiger partial charge in [0.25, 0.3) is 5.89 Å². The highest BCUT2D eigenvalue weighted by Gasteiger charge is 2.18. The number of halogens is 1. The van der Waals surface area contributed by atoms with Gasteiger partial charge in [-0.25, -0.2) is 4.39 Å². The minimum Gasteiger partial charge on any atom is -0.454 e. The summed E-state index contributed by atoms with van der Waals surface area (Å²) in [6, 6.07) is 11.6. The number of hydrogen-bond acceptors (Lipinski definition) is 5. The smallest absolute Gasteiger partial charge is 0.261 e. The summed E-state index contributed by atoms with van der Waals surface area (Å²) in [6.45, 7) is 0.200. The first kappa shape index (κ1) is 11.9. The van der Waals surface area contributed by atoms with Gasteiger partial charge in [-0.2, -0.15) is 4.98 Å². The molecule has 0 amide bonds. The van der Waals surface area contributed by atoms with E-state index in [0.29, 0.717) is 22.9 Å². The van der Waals surface area contributed by atoms with Crippen molar-refractivity contribution in [2.75, 3.05) is 6.79 Å². The third-order valence-electron chi connectivity index (χ3n) is 3.16. The fraction of sp³-hybridized carbons (Fsp3) is 0.0667. The van der Waals surface area contributed by atoms with Gasteiger partial charge in [0.1, 0.15) is 5.82 Å². The van der Waals surface area contributed by atoms with E-state index in [4.69, 9.17) is 14.0 Å². The van der Waals surface area contributed by atoms with Crippen molar-refractivity contribution in [3.8, 4) is 34.3 Å². The quantitative estimate of drug-likeness (QED) is 0.722. The van der Waals surface area contributed by atoms with E-state index in [0.717, 1.165) is 0 Å². The largest absolute Gasteiger partial charge is 0.454 e. The second-order valence-electron chi connectivity index (χ2n) is 4.47. The number of fused-ring (bicyclic) bond motifs is 1. The zero-order valence-electron chi connectivity index (χ0n) is 10.7. The fourth-order valence-electron chi connectivity index (χ4n) is 2.12. The van der Waals surface area contributed by atoms with Crippen LogP contribution < -0.4 is 9.47 Å². The van der Waals surface area contributed by atoms with E-state index in [-0.39, 0.29) is 18.2 Å². The Kier molecular flexibility index (Phi) is 2.60. The maximum absolute atomic E-state index is 13.7. The molecule has 0 fully saturated rings. The van der Waals surface area contributed by atoms with Crippen LogP contribution in [0.5, 0.6) is 11.5 Å². The zero-order chi connectivity index (χ0) is 14.2. The molecule has 0 unspecified atom stereocenters. The minimum atomic E-state index is -0.404. The predicted octanol–water partition coefficient (Wildman–Crippen LogP) is 3.27. The summed E-state index contributed by atoms with van der Waals surface area (Å²) in [5.74, 6) is 1.41. The summed E-state index contributed by atoms with van der Waals surface area (Å²) in [5, 5.41) is 3.88. The first-order valence-electron chi connectivity index (χ1n) is 6.30. The van der Waals surface area contributed by atoms with Crippen molar-refractivity contribution in [1.29, 1.82) is 0 Å². The lowest BCUT2D eigenvalue weighted by Crippen LogP contribution is -1.92. The lowest BCUT2D eigenvalue weighted by atomic mass is 10.2. The average molecular weight is 284 g/mol. The van der Waals surface area contributed by atoms with Gasteiger partial charge in [-0.1, -0.05) is 17.3 Å². The number of rotatable bonds is 2. The molecule has 1 aliphatic rings. The average Bonchev–Trinajstić information content (AvgIpc) is 3.16. The van der Waals surface area contributed by atoms with Crippen LogP contribution in [0, 0.1) is 5.82 Å². The third kappa shape index (κ3) is 2.01. The van der Waals surface area contributed by atoms with Gasteiger partial charge in [0.2, 0.25) is 12.6 Å². The van der Waals surface area contributed by atoms with Crippen LogP contribution in [0.25, 0.3) is 22.8 Å². The monoisotopic (exact) mass is 284 g/mol. The Morgan fingerprint density at radius 1 is 1.00 bits per heavy atom. The number of benzene rings is 2.